The zero-order valence-corrected chi connectivity index (χ0v) is 10.3. The molecule has 2 N–H and O–H groups in total. The SMILES string of the molecule is CCCCOCCN=C(NCC)NCC. The standard InChI is InChI=1S/C11H25N3O/c1-4-7-9-15-10-8-14-11(12-5-2)13-6-3/h4-10H2,1-3H3,(H2,12,13,14). The molecule has 15 heavy (non-hydrogen) atoms. The van der Waals surface area contributed by atoms with Gasteiger partial charge in [-0.3, -0.25) is 4.99 Å². The number of hydrogen-bond acceptors (Lipinski definition) is 2. The van der Waals surface area contributed by atoms with Gasteiger partial charge in [-0.1, -0.05) is 13.3 Å². The van der Waals surface area contributed by atoms with Crippen LogP contribution in [0.1, 0.15) is 33.6 Å². The fourth-order valence-corrected chi connectivity index (χ4v) is 1.08. The molecule has 0 aliphatic rings. The molecule has 0 amide bonds. The molecule has 0 spiro atoms. The zero-order valence-electron chi connectivity index (χ0n) is 10.3. The number of rotatable bonds is 8. The first-order valence-electron chi connectivity index (χ1n) is 5.95. The van der Waals surface area contributed by atoms with Crippen LogP contribution in [0.4, 0.5) is 0 Å². The van der Waals surface area contributed by atoms with Gasteiger partial charge in [0.25, 0.3) is 0 Å². The quantitative estimate of drug-likeness (QED) is 0.365. The number of aliphatic imine (C=N–C) groups is 1. The summed E-state index contributed by atoms with van der Waals surface area (Å²) in [6.45, 7) is 10.3. The fourth-order valence-electron chi connectivity index (χ4n) is 1.08. The normalized spacial score (nSPS) is 9.80. The van der Waals surface area contributed by atoms with Crippen molar-refractivity contribution in [2.45, 2.75) is 33.6 Å². The third kappa shape index (κ3) is 9.53. The van der Waals surface area contributed by atoms with E-state index in [1.807, 2.05) is 0 Å². The van der Waals surface area contributed by atoms with Crippen LogP contribution in [-0.4, -0.2) is 38.8 Å². The Kier molecular flexibility index (Phi) is 10.7. The van der Waals surface area contributed by atoms with E-state index in [0.717, 1.165) is 38.6 Å². The molecule has 4 heteroatoms. The van der Waals surface area contributed by atoms with E-state index in [0.29, 0.717) is 6.61 Å². The lowest BCUT2D eigenvalue weighted by Crippen LogP contribution is -2.37. The molecule has 0 aromatic carbocycles. The first-order chi connectivity index (χ1) is 7.35. The average Bonchev–Trinajstić information content (AvgIpc) is 2.24. The molecule has 90 valence electrons. The minimum atomic E-state index is 0.709. The number of hydrogen-bond donors (Lipinski definition) is 2. The molecule has 0 radical (unpaired) electrons. The minimum absolute atomic E-state index is 0.709. The van der Waals surface area contributed by atoms with Crippen molar-refractivity contribution < 1.29 is 4.74 Å². The second kappa shape index (κ2) is 11.3. The van der Waals surface area contributed by atoms with Crippen LogP contribution in [0.5, 0.6) is 0 Å². The summed E-state index contributed by atoms with van der Waals surface area (Å²) in [6, 6.07) is 0. The minimum Gasteiger partial charge on any atom is -0.380 e. The van der Waals surface area contributed by atoms with E-state index < -0.39 is 0 Å². The van der Waals surface area contributed by atoms with Gasteiger partial charge in [0.2, 0.25) is 0 Å². The summed E-state index contributed by atoms with van der Waals surface area (Å²) in [6.07, 6.45) is 2.32. The van der Waals surface area contributed by atoms with Crippen molar-refractivity contribution in [2.24, 2.45) is 4.99 Å². The van der Waals surface area contributed by atoms with Crippen molar-refractivity contribution in [2.75, 3.05) is 32.8 Å². The van der Waals surface area contributed by atoms with E-state index >= 15 is 0 Å². The van der Waals surface area contributed by atoms with E-state index in [4.69, 9.17) is 4.74 Å². The Labute approximate surface area is 93.5 Å². The maximum absolute atomic E-state index is 5.42. The highest BCUT2D eigenvalue weighted by molar-refractivity contribution is 5.79. The summed E-state index contributed by atoms with van der Waals surface area (Å²) >= 11 is 0. The van der Waals surface area contributed by atoms with Crippen LogP contribution in [-0.2, 0) is 4.74 Å². The molecule has 0 aromatic heterocycles. The lowest BCUT2D eigenvalue weighted by atomic mass is 10.4. The fraction of sp³-hybridized carbons (Fsp3) is 0.909. The Balaban J connectivity index is 3.51. The molecule has 0 aromatic rings. The van der Waals surface area contributed by atoms with Crippen LogP contribution in [0, 0.1) is 0 Å². The molecule has 0 rings (SSSR count). The summed E-state index contributed by atoms with van der Waals surface area (Å²) in [7, 11) is 0. The first-order valence-corrected chi connectivity index (χ1v) is 5.95. The van der Waals surface area contributed by atoms with Gasteiger partial charge in [-0.2, -0.15) is 0 Å². The molecule has 0 aliphatic heterocycles. The molecule has 0 unspecified atom stereocenters. The van der Waals surface area contributed by atoms with Gasteiger partial charge in [0.1, 0.15) is 0 Å². The molecular weight excluding hydrogens is 190 g/mol. The molecule has 0 aliphatic carbocycles. The summed E-state index contributed by atoms with van der Waals surface area (Å²) in [5.41, 5.74) is 0. The van der Waals surface area contributed by atoms with Crippen LogP contribution >= 0.6 is 0 Å². The second-order valence-corrected chi connectivity index (χ2v) is 3.26. The van der Waals surface area contributed by atoms with Gasteiger partial charge in [-0.15, -0.1) is 0 Å². The maximum Gasteiger partial charge on any atom is 0.191 e. The Morgan fingerprint density at radius 3 is 2.27 bits per heavy atom. The topological polar surface area (TPSA) is 45.6 Å². The molecule has 0 bridgehead atoms. The largest absolute Gasteiger partial charge is 0.380 e. The van der Waals surface area contributed by atoms with Crippen LogP contribution in [0.3, 0.4) is 0 Å². The van der Waals surface area contributed by atoms with E-state index in [1.54, 1.807) is 0 Å². The number of ether oxygens (including phenoxy) is 1. The van der Waals surface area contributed by atoms with Crippen LogP contribution in [0.2, 0.25) is 0 Å². The van der Waals surface area contributed by atoms with Crippen molar-refractivity contribution >= 4 is 5.96 Å². The van der Waals surface area contributed by atoms with E-state index in [1.165, 1.54) is 6.42 Å². The summed E-state index contributed by atoms with van der Waals surface area (Å²) in [4.78, 5) is 4.37. The van der Waals surface area contributed by atoms with Gasteiger partial charge >= 0.3 is 0 Å². The Hall–Kier alpha value is -0.770. The van der Waals surface area contributed by atoms with Gasteiger partial charge in [0.05, 0.1) is 13.2 Å². The second-order valence-electron chi connectivity index (χ2n) is 3.26. The third-order valence-corrected chi connectivity index (χ3v) is 1.84. The predicted octanol–water partition coefficient (Wildman–Crippen LogP) is 1.38. The predicted molar refractivity (Wildman–Crippen MR) is 65.4 cm³/mol. The maximum atomic E-state index is 5.42. The molecule has 0 saturated heterocycles. The first kappa shape index (κ1) is 14.2. The van der Waals surface area contributed by atoms with Crippen molar-refractivity contribution in [3.05, 3.63) is 0 Å². The van der Waals surface area contributed by atoms with Crippen LogP contribution in [0.15, 0.2) is 4.99 Å². The number of nitrogens with zero attached hydrogens (tertiary/aromatic N) is 1. The monoisotopic (exact) mass is 215 g/mol. The van der Waals surface area contributed by atoms with Crippen molar-refractivity contribution in [1.29, 1.82) is 0 Å². The lowest BCUT2D eigenvalue weighted by molar-refractivity contribution is 0.139. The van der Waals surface area contributed by atoms with Crippen LogP contribution < -0.4 is 10.6 Å². The van der Waals surface area contributed by atoms with Gasteiger partial charge in [-0.25, -0.2) is 0 Å². The Bertz CT molecular complexity index is 152. The van der Waals surface area contributed by atoms with Gasteiger partial charge in [-0.05, 0) is 20.3 Å². The molecular formula is C11H25N3O. The summed E-state index contributed by atoms with van der Waals surface area (Å²) in [5.74, 6) is 0.874. The Morgan fingerprint density at radius 1 is 1.07 bits per heavy atom. The smallest absolute Gasteiger partial charge is 0.191 e. The lowest BCUT2D eigenvalue weighted by Gasteiger charge is -2.09. The van der Waals surface area contributed by atoms with E-state index in [2.05, 4.69) is 36.4 Å². The summed E-state index contributed by atoms with van der Waals surface area (Å²) < 4.78 is 5.42. The number of nitrogens with one attached hydrogen (secondary N) is 2. The molecule has 0 atom stereocenters. The molecule has 0 heterocycles. The number of unbranched alkanes of at least 4 members (excludes halogenated alkanes) is 1. The molecule has 0 fully saturated rings. The summed E-state index contributed by atoms with van der Waals surface area (Å²) in [5, 5.41) is 6.34. The van der Waals surface area contributed by atoms with Crippen molar-refractivity contribution in [3.8, 4) is 0 Å². The van der Waals surface area contributed by atoms with Gasteiger partial charge in [0.15, 0.2) is 5.96 Å². The highest BCUT2D eigenvalue weighted by Crippen LogP contribution is 1.87. The van der Waals surface area contributed by atoms with E-state index in [9.17, 15) is 0 Å². The van der Waals surface area contributed by atoms with Crippen molar-refractivity contribution in [1.82, 2.24) is 10.6 Å². The molecule has 4 nitrogen and oxygen atoms in total. The van der Waals surface area contributed by atoms with Gasteiger partial charge < -0.3 is 15.4 Å². The van der Waals surface area contributed by atoms with Crippen LogP contribution in [0.25, 0.3) is 0 Å². The molecule has 0 saturated carbocycles. The van der Waals surface area contributed by atoms with E-state index in [-0.39, 0.29) is 0 Å². The van der Waals surface area contributed by atoms with Crippen molar-refractivity contribution in [3.63, 3.8) is 0 Å². The third-order valence-electron chi connectivity index (χ3n) is 1.84. The Morgan fingerprint density at radius 2 is 1.73 bits per heavy atom. The zero-order chi connectivity index (χ0) is 11.4. The highest BCUT2D eigenvalue weighted by atomic mass is 16.5. The highest BCUT2D eigenvalue weighted by Gasteiger charge is 1.93. The average molecular weight is 215 g/mol. The van der Waals surface area contributed by atoms with Gasteiger partial charge in [0, 0.05) is 19.7 Å². The number of guanidine groups is 1.